The van der Waals surface area contributed by atoms with E-state index in [4.69, 9.17) is 16.3 Å². The number of halogens is 1. The molecule has 3 heterocycles. The summed E-state index contributed by atoms with van der Waals surface area (Å²) < 4.78 is 5.63. The van der Waals surface area contributed by atoms with Crippen LogP contribution in [-0.4, -0.2) is 77.2 Å². The maximum absolute atomic E-state index is 12.7. The molecule has 7 nitrogen and oxygen atoms in total. The zero-order valence-corrected chi connectivity index (χ0v) is 16.6. The van der Waals surface area contributed by atoms with Gasteiger partial charge in [-0.2, -0.15) is 0 Å². The molecule has 1 aromatic rings. The quantitative estimate of drug-likeness (QED) is 0.797. The van der Waals surface area contributed by atoms with Crippen LogP contribution >= 0.6 is 11.6 Å². The number of carbonyl (C=O) groups excluding carboxylic acids is 1. The Morgan fingerprint density at radius 1 is 1.33 bits per heavy atom. The van der Waals surface area contributed by atoms with Crippen LogP contribution in [0.15, 0.2) is 12.4 Å². The largest absolute Gasteiger partial charge is 0.371 e. The van der Waals surface area contributed by atoms with Gasteiger partial charge >= 0.3 is 0 Å². The first-order valence-electron chi connectivity index (χ1n) is 9.88. The van der Waals surface area contributed by atoms with Gasteiger partial charge < -0.3 is 15.0 Å². The van der Waals surface area contributed by atoms with E-state index in [0.717, 1.165) is 45.5 Å². The van der Waals surface area contributed by atoms with E-state index >= 15 is 0 Å². The third-order valence-corrected chi connectivity index (χ3v) is 6.41. The summed E-state index contributed by atoms with van der Waals surface area (Å²) in [6.07, 6.45) is 8.76. The summed E-state index contributed by atoms with van der Waals surface area (Å²) in [6, 6.07) is 0.201. The van der Waals surface area contributed by atoms with Crippen LogP contribution in [0.2, 0.25) is 5.02 Å². The molecule has 27 heavy (non-hydrogen) atoms. The van der Waals surface area contributed by atoms with Gasteiger partial charge in [0.2, 0.25) is 11.9 Å². The highest BCUT2D eigenvalue weighted by atomic mass is 35.5. The number of ether oxygens (including phenoxy) is 1. The van der Waals surface area contributed by atoms with E-state index in [1.807, 2.05) is 4.90 Å². The molecule has 2 saturated heterocycles. The van der Waals surface area contributed by atoms with Crippen molar-refractivity contribution in [2.45, 2.75) is 43.7 Å². The summed E-state index contributed by atoms with van der Waals surface area (Å²) in [4.78, 5) is 25.6. The highest BCUT2D eigenvalue weighted by Crippen LogP contribution is 2.38. The highest BCUT2D eigenvalue weighted by Gasteiger charge is 2.50. The van der Waals surface area contributed by atoms with E-state index in [1.54, 1.807) is 12.4 Å². The molecule has 2 aliphatic heterocycles. The highest BCUT2D eigenvalue weighted by molar-refractivity contribution is 6.30. The second-order valence-electron chi connectivity index (χ2n) is 8.11. The van der Waals surface area contributed by atoms with E-state index in [2.05, 4.69) is 27.2 Å². The molecular formula is C19H28ClN5O2. The Hall–Kier alpha value is -1.44. The molecule has 1 spiro atoms. The molecule has 1 aromatic heterocycles. The molecule has 148 valence electrons. The Labute approximate surface area is 165 Å². The van der Waals surface area contributed by atoms with Crippen molar-refractivity contribution in [3.8, 4) is 0 Å². The number of hydrogen-bond acceptors (Lipinski definition) is 6. The van der Waals surface area contributed by atoms with E-state index in [0.29, 0.717) is 16.9 Å². The van der Waals surface area contributed by atoms with Crippen molar-refractivity contribution in [1.82, 2.24) is 19.8 Å². The molecule has 1 amide bonds. The molecule has 3 aliphatic rings. The number of carbonyl (C=O) groups is 1. The smallest absolute Gasteiger partial charge is 0.248 e. The van der Waals surface area contributed by atoms with Crippen molar-refractivity contribution in [2.75, 3.05) is 45.2 Å². The number of nitrogens with zero attached hydrogens (tertiary/aromatic N) is 4. The summed E-state index contributed by atoms with van der Waals surface area (Å²) in [7, 11) is 2.15. The molecule has 8 heteroatoms. The van der Waals surface area contributed by atoms with E-state index < -0.39 is 0 Å². The first kappa shape index (κ1) is 18.9. The number of hydrogen-bond donors (Lipinski definition) is 1. The third kappa shape index (κ3) is 4.20. The molecule has 0 radical (unpaired) electrons. The monoisotopic (exact) mass is 393 g/mol. The maximum Gasteiger partial charge on any atom is 0.248 e. The second kappa shape index (κ2) is 7.89. The molecule has 3 fully saturated rings. The van der Waals surface area contributed by atoms with Crippen LogP contribution in [0.5, 0.6) is 0 Å². The summed E-state index contributed by atoms with van der Waals surface area (Å²) in [5, 5.41) is 4.02. The van der Waals surface area contributed by atoms with Gasteiger partial charge in [0.05, 0.1) is 35.6 Å². The molecule has 1 saturated carbocycles. The van der Waals surface area contributed by atoms with Gasteiger partial charge in [-0.3, -0.25) is 9.69 Å². The lowest BCUT2D eigenvalue weighted by molar-refractivity contribution is -0.140. The Morgan fingerprint density at radius 2 is 2.11 bits per heavy atom. The van der Waals surface area contributed by atoms with Gasteiger partial charge in [0.1, 0.15) is 6.61 Å². The minimum atomic E-state index is -0.0899. The van der Waals surface area contributed by atoms with Crippen molar-refractivity contribution in [2.24, 2.45) is 5.92 Å². The van der Waals surface area contributed by atoms with Crippen LogP contribution in [0.4, 0.5) is 5.95 Å². The number of amides is 1. The number of piperidine rings is 1. The van der Waals surface area contributed by atoms with Gasteiger partial charge in [-0.1, -0.05) is 11.6 Å². The standard InChI is InChI=1S/C19H28ClN5O2/c1-24-8-5-16(23-18-21-9-15(20)10-22-18)19(24)6-2-7-25(13-19)17(26)12-27-11-14-3-4-14/h9-10,14,16H,2-8,11-13H2,1H3,(H,21,22,23). The van der Waals surface area contributed by atoms with Crippen molar-refractivity contribution in [3.63, 3.8) is 0 Å². The number of likely N-dealkylation sites (tertiary alicyclic amines) is 2. The second-order valence-corrected chi connectivity index (χ2v) is 8.55. The molecule has 1 N–H and O–H groups in total. The van der Waals surface area contributed by atoms with E-state index in [9.17, 15) is 4.79 Å². The van der Waals surface area contributed by atoms with Crippen molar-refractivity contribution in [1.29, 1.82) is 0 Å². The van der Waals surface area contributed by atoms with Crippen molar-refractivity contribution < 1.29 is 9.53 Å². The first-order chi connectivity index (χ1) is 13.1. The normalized spacial score (nSPS) is 28.7. The summed E-state index contributed by atoms with van der Waals surface area (Å²) in [6.45, 7) is 3.45. The molecule has 0 bridgehead atoms. The summed E-state index contributed by atoms with van der Waals surface area (Å²) >= 11 is 5.90. The van der Waals surface area contributed by atoms with Crippen LogP contribution in [-0.2, 0) is 9.53 Å². The number of likely N-dealkylation sites (N-methyl/N-ethyl adjacent to an activating group) is 1. The average molecular weight is 394 g/mol. The molecule has 2 unspecified atom stereocenters. The third-order valence-electron chi connectivity index (χ3n) is 6.22. The van der Waals surface area contributed by atoms with E-state index in [1.165, 1.54) is 12.8 Å². The fourth-order valence-corrected chi connectivity index (χ4v) is 4.49. The fourth-order valence-electron chi connectivity index (χ4n) is 4.39. The van der Waals surface area contributed by atoms with Gasteiger partial charge in [-0.05, 0) is 45.1 Å². The average Bonchev–Trinajstić information content (AvgIpc) is 3.46. The Bertz CT molecular complexity index is 669. The Kier molecular flexibility index (Phi) is 5.53. The summed E-state index contributed by atoms with van der Waals surface area (Å²) in [5.41, 5.74) is -0.0899. The number of rotatable bonds is 6. The zero-order chi connectivity index (χ0) is 18.9. The minimum absolute atomic E-state index is 0.0899. The van der Waals surface area contributed by atoms with Crippen LogP contribution in [0.25, 0.3) is 0 Å². The molecule has 4 rings (SSSR count). The van der Waals surface area contributed by atoms with Crippen molar-refractivity contribution >= 4 is 23.5 Å². The lowest BCUT2D eigenvalue weighted by atomic mass is 9.82. The molecule has 1 aliphatic carbocycles. The molecular weight excluding hydrogens is 366 g/mol. The zero-order valence-electron chi connectivity index (χ0n) is 15.9. The van der Waals surface area contributed by atoms with E-state index in [-0.39, 0.29) is 24.1 Å². The minimum Gasteiger partial charge on any atom is -0.371 e. The van der Waals surface area contributed by atoms with Gasteiger partial charge in [-0.15, -0.1) is 0 Å². The van der Waals surface area contributed by atoms with Crippen LogP contribution in [0.3, 0.4) is 0 Å². The van der Waals surface area contributed by atoms with Gasteiger partial charge in [0, 0.05) is 19.6 Å². The summed E-state index contributed by atoms with van der Waals surface area (Å²) in [5.74, 6) is 1.38. The van der Waals surface area contributed by atoms with Gasteiger partial charge in [0.25, 0.3) is 0 Å². The predicted molar refractivity (Wildman–Crippen MR) is 104 cm³/mol. The van der Waals surface area contributed by atoms with Crippen LogP contribution in [0.1, 0.15) is 32.1 Å². The molecule has 2 atom stereocenters. The topological polar surface area (TPSA) is 70.6 Å². The number of aromatic nitrogens is 2. The van der Waals surface area contributed by atoms with Gasteiger partial charge in [-0.25, -0.2) is 9.97 Å². The maximum atomic E-state index is 12.7. The number of nitrogens with one attached hydrogen (secondary N) is 1. The first-order valence-corrected chi connectivity index (χ1v) is 10.3. The van der Waals surface area contributed by atoms with Gasteiger partial charge in [0.15, 0.2) is 0 Å². The fraction of sp³-hybridized carbons (Fsp3) is 0.737. The predicted octanol–water partition coefficient (Wildman–Crippen LogP) is 2.03. The lowest BCUT2D eigenvalue weighted by Crippen LogP contribution is -2.62. The Balaban J connectivity index is 1.41. The van der Waals surface area contributed by atoms with Crippen molar-refractivity contribution in [3.05, 3.63) is 17.4 Å². The SMILES string of the molecule is CN1CCC(Nc2ncc(Cl)cn2)C12CCCN(C(=O)COCC1CC1)C2. The van der Waals surface area contributed by atoms with Crippen LogP contribution in [0, 0.1) is 5.92 Å². The lowest BCUT2D eigenvalue weighted by Gasteiger charge is -2.47. The molecule has 0 aromatic carbocycles. The number of anilines is 1. The van der Waals surface area contributed by atoms with Crippen LogP contribution < -0.4 is 5.32 Å². The Morgan fingerprint density at radius 3 is 2.85 bits per heavy atom.